The van der Waals surface area contributed by atoms with E-state index in [1.807, 2.05) is 24.3 Å². The summed E-state index contributed by atoms with van der Waals surface area (Å²) in [4.78, 5) is 19.8. The highest BCUT2D eigenvalue weighted by Gasteiger charge is 2.11. The Bertz CT molecular complexity index is 543. The fourth-order valence-electron chi connectivity index (χ4n) is 1.63. The van der Waals surface area contributed by atoms with Gasteiger partial charge in [-0.2, -0.15) is 0 Å². The van der Waals surface area contributed by atoms with Crippen molar-refractivity contribution < 1.29 is 9.53 Å². The highest BCUT2D eigenvalue weighted by Crippen LogP contribution is 2.16. The van der Waals surface area contributed by atoms with Crippen LogP contribution in [0.25, 0.3) is 0 Å². The Kier molecular flexibility index (Phi) is 4.44. The zero-order chi connectivity index (χ0) is 13.5. The number of carbonyl (C=O) groups is 1. The van der Waals surface area contributed by atoms with Gasteiger partial charge in [-0.3, -0.25) is 0 Å². The molecule has 0 radical (unpaired) electrons. The quantitative estimate of drug-likeness (QED) is 0.832. The third kappa shape index (κ3) is 3.51. The monoisotopic (exact) mass is 257 g/mol. The maximum Gasteiger partial charge on any atom is 0.340 e. The Morgan fingerprint density at radius 3 is 2.89 bits per heavy atom. The highest BCUT2D eigenvalue weighted by molar-refractivity contribution is 5.95. The van der Waals surface area contributed by atoms with Crippen LogP contribution in [0.15, 0.2) is 42.9 Å². The molecule has 0 bridgehead atoms. The standard InChI is InChI=1S/C14H15N3O2/c1-2-19-14(18)12-5-3-4-6-13(12)16-9-11-7-8-15-10-17-11/h3-8,10,16H,2,9H2,1H3. The molecule has 1 N–H and O–H groups in total. The van der Waals surface area contributed by atoms with Crippen molar-refractivity contribution in [1.29, 1.82) is 0 Å². The van der Waals surface area contributed by atoms with Gasteiger partial charge in [0.25, 0.3) is 0 Å². The zero-order valence-corrected chi connectivity index (χ0v) is 10.7. The van der Waals surface area contributed by atoms with Gasteiger partial charge in [-0.1, -0.05) is 12.1 Å². The summed E-state index contributed by atoms with van der Waals surface area (Å²) >= 11 is 0. The summed E-state index contributed by atoms with van der Waals surface area (Å²) < 4.78 is 5.02. The van der Waals surface area contributed by atoms with Crippen molar-refractivity contribution in [3.63, 3.8) is 0 Å². The number of hydrogen-bond donors (Lipinski definition) is 1. The van der Waals surface area contributed by atoms with Gasteiger partial charge in [0.2, 0.25) is 0 Å². The smallest absolute Gasteiger partial charge is 0.340 e. The van der Waals surface area contributed by atoms with Crippen LogP contribution in [0.5, 0.6) is 0 Å². The first-order chi connectivity index (χ1) is 9.31. The molecule has 0 fully saturated rings. The lowest BCUT2D eigenvalue weighted by Crippen LogP contribution is -2.10. The van der Waals surface area contributed by atoms with Crippen LogP contribution in [-0.4, -0.2) is 22.5 Å². The van der Waals surface area contributed by atoms with Gasteiger partial charge >= 0.3 is 5.97 Å². The van der Waals surface area contributed by atoms with Crippen LogP contribution in [0.3, 0.4) is 0 Å². The van der Waals surface area contributed by atoms with Gasteiger partial charge in [0.05, 0.1) is 24.4 Å². The van der Waals surface area contributed by atoms with E-state index in [2.05, 4.69) is 15.3 Å². The second-order valence-electron chi connectivity index (χ2n) is 3.82. The van der Waals surface area contributed by atoms with E-state index in [-0.39, 0.29) is 5.97 Å². The summed E-state index contributed by atoms with van der Waals surface area (Å²) in [6.07, 6.45) is 3.18. The summed E-state index contributed by atoms with van der Waals surface area (Å²) in [7, 11) is 0. The van der Waals surface area contributed by atoms with Crippen molar-refractivity contribution in [3.8, 4) is 0 Å². The molecule has 0 unspecified atom stereocenters. The molecular weight excluding hydrogens is 242 g/mol. The van der Waals surface area contributed by atoms with Gasteiger partial charge < -0.3 is 10.1 Å². The molecule has 19 heavy (non-hydrogen) atoms. The number of anilines is 1. The SMILES string of the molecule is CCOC(=O)c1ccccc1NCc1ccncn1. The maximum atomic E-state index is 11.8. The molecule has 0 amide bonds. The molecule has 0 saturated heterocycles. The predicted octanol–water partition coefficient (Wildman–Crippen LogP) is 2.27. The normalized spacial score (nSPS) is 9.95. The molecule has 0 spiro atoms. The van der Waals surface area contributed by atoms with Crippen LogP contribution >= 0.6 is 0 Å². The van der Waals surface area contributed by atoms with E-state index in [0.717, 1.165) is 11.4 Å². The average molecular weight is 257 g/mol. The van der Waals surface area contributed by atoms with Crippen molar-refractivity contribution in [2.24, 2.45) is 0 Å². The minimum absolute atomic E-state index is 0.326. The molecule has 1 aromatic heterocycles. The van der Waals surface area contributed by atoms with Crippen LogP contribution in [-0.2, 0) is 11.3 Å². The van der Waals surface area contributed by atoms with Crippen LogP contribution in [0.4, 0.5) is 5.69 Å². The molecule has 5 heteroatoms. The number of para-hydroxylation sites is 1. The topological polar surface area (TPSA) is 64.1 Å². The molecule has 5 nitrogen and oxygen atoms in total. The summed E-state index contributed by atoms with van der Waals surface area (Å²) in [5.41, 5.74) is 2.12. The molecule has 2 aromatic rings. The lowest BCUT2D eigenvalue weighted by molar-refractivity contribution is 0.0527. The summed E-state index contributed by atoms with van der Waals surface area (Å²) in [6.45, 7) is 2.67. The number of hydrogen-bond acceptors (Lipinski definition) is 5. The molecular formula is C14H15N3O2. The van der Waals surface area contributed by atoms with Crippen LogP contribution in [0, 0.1) is 0 Å². The van der Waals surface area contributed by atoms with E-state index in [1.165, 1.54) is 6.33 Å². The van der Waals surface area contributed by atoms with Gasteiger partial charge in [-0.25, -0.2) is 14.8 Å². The number of rotatable bonds is 5. The largest absolute Gasteiger partial charge is 0.462 e. The number of carbonyl (C=O) groups excluding carboxylic acids is 1. The van der Waals surface area contributed by atoms with Gasteiger partial charge in [-0.15, -0.1) is 0 Å². The Balaban J connectivity index is 2.10. The number of benzene rings is 1. The fourth-order valence-corrected chi connectivity index (χ4v) is 1.63. The lowest BCUT2D eigenvalue weighted by Gasteiger charge is -2.10. The number of nitrogens with one attached hydrogen (secondary N) is 1. The Hall–Kier alpha value is -2.43. The van der Waals surface area contributed by atoms with E-state index in [0.29, 0.717) is 18.7 Å². The predicted molar refractivity (Wildman–Crippen MR) is 71.8 cm³/mol. The fraction of sp³-hybridized carbons (Fsp3) is 0.214. The van der Waals surface area contributed by atoms with E-state index < -0.39 is 0 Å². The summed E-state index contributed by atoms with van der Waals surface area (Å²) in [5.74, 6) is -0.326. The summed E-state index contributed by atoms with van der Waals surface area (Å²) in [5, 5.41) is 3.18. The second-order valence-corrected chi connectivity index (χ2v) is 3.82. The molecule has 0 aliphatic carbocycles. The van der Waals surface area contributed by atoms with E-state index >= 15 is 0 Å². The van der Waals surface area contributed by atoms with Crippen LogP contribution in [0.2, 0.25) is 0 Å². The number of esters is 1. The van der Waals surface area contributed by atoms with Crippen molar-refractivity contribution >= 4 is 11.7 Å². The van der Waals surface area contributed by atoms with Gasteiger partial charge in [0.15, 0.2) is 0 Å². The molecule has 0 atom stereocenters. The highest BCUT2D eigenvalue weighted by atomic mass is 16.5. The van der Waals surface area contributed by atoms with Gasteiger partial charge in [0, 0.05) is 11.9 Å². The minimum atomic E-state index is -0.326. The zero-order valence-electron chi connectivity index (χ0n) is 10.7. The third-order valence-electron chi connectivity index (χ3n) is 2.53. The van der Waals surface area contributed by atoms with Crippen molar-refractivity contribution in [2.45, 2.75) is 13.5 Å². The maximum absolute atomic E-state index is 11.8. The Morgan fingerprint density at radius 1 is 1.32 bits per heavy atom. The Morgan fingerprint density at radius 2 is 2.16 bits per heavy atom. The first kappa shape index (κ1) is 13.0. The Labute approximate surface area is 111 Å². The van der Waals surface area contributed by atoms with E-state index in [9.17, 15) is 4.79 Å². The first-order valence-corrected chi connectivity index (χ1v) is 6.06. The second kappa shape index (κ2) is 6.49. The molecule has 1 heterocycles. The number of aromatic nitrogens is 2. The van der Waals surface area contributed by atoms with Gasteiger partial charge in [0.1, 0.15) is 6.33 Å². The van der Waals surface area contributed by atoms with Crippen molar-refractivity contribution in [2.75, 3.05) is 11.9 Å². The molecule has 0 aliphatic rings. The van der Waals surface area contributed by atoms with Crippen LogP contribution < -0.4 is 5.32 Å². The molecule has 1 aromatic carbocycles. The average Bonchev–Trinajstić information content (AvgIpc) is 2.47. The van der Waals surface area contributed by atoms with E-state index in [4.69, 9.17) is 4.74 Å². The van der Waals surface area contributed by atoms with Crippen molar-refractivity contribution in [3.05, 3.63) is 54.1 Å². The molecule has 0 aliphatic heterocycles. The summed E-state index contributed by atoms with van der Waals surface area (Å²) in [6, 6.07) is 9.07. The minimum Gasteiger partial charge on any atom is -0.462 e. The van der Waals surface area contributed by atoms with E-state index in [1.54, 1.807) is 19.2 Å². The third-order valence-corrected chi connectivity index (χ3v) is 2.53. The molecule has 98 valence electrons. The van der Waals surface area contributed by atoms with Crippen LogP contribution in [0.1, 0.15) is 23.0 Å². The lowest BCUT2D eigenvalue weighted by atomic mass is 10.2. The number of nitrogens with zero attached hydrogens (tertiary/aromatic N) is 2. The molecule has 0 saturated carbocycles. The molecule has 2 rings (SSSR count). The van der Waals surface area contributed by atoms with Crippen molar-refractivity contribution in [1.82, 2.24) is 9.97 Å². The number of ether oxygens (including phenoxy) is 1. The first-order valence-electron chi connectivity index (χ1n) is 6.06. The van der Waals surface area contributed by atoms with Gasteiger partial charge in [-0.05, 0) is 25.1 Å².